The van der Waals surface area contributed by atoms with Crippen LogP contribution in [-0.4, -0.2) is 66.5 Å². The molecule has 0 radical (unpaired) electrons. The van der Waals surface area contributed by atoms with Crippen LogP contribution >= 0.6 is 0 Å². The Morgan fingerprint density at radius 3 is 2.21 bits per heavy atom. The molecule has 0 spiro atoms. The minimum Gasteiger partial charge on any atom is -0.493 e. The Morgan fingerprint density at radius 2 is 1.68 bits per heavy atom. The number of ether oxygens (including phenoxy) is 3. The predicted octanol–water partition coefficient (Wildman–Crippen LogP) is 2.26. The van der Waals surface area contributed by atoms with Crippen LogP contribution in [0.3, 0.4) is 0 Å². The summed E-state index contributed by atoms with van der Waals surface area (Å²) >= 11 is 0. The van der Waals surface area contributed by atoms with Crippen molar-refractivity contribution >= 4 is 33.2 Å². The lowest BCUT2D eigenvalue weighted by molar-refractivity contribution is -0.122. The molecule has 0 aromatic heterocycles. The molecule has 0 saturated carbocycles. The van der Waals surface area contributed by atoms with E-state index in [4.69, 9.17) is 14.2 Å². The number of carbonyl (C=O) groups excluding carboxylic acids is 2. The van der Waals surface area contributed by atoms with Gasteiger partial charge in [0.25, 0.3) is 0 Å². The first-order valence-corrected chi connectivity index (χ1v) is 11.9. The maximum atomic E-state index is 12.9. The van der Waals surface area contributed by atoms with Crippen molar-refractivity contribution < 1.29 is 32.2 Å². The monoisotopic (exact) mass is 491 g/mol. The molecule has 0 aliphatic carbocycles. The Balaban J connectivity index is 1.82. The highest BCUT2D eigenvalue weighted by molar-refractivity contribution is 7.89. The van der Waals surface area contributed by atoms with Gasteiger partial charge in [-0.25, -0.2) is 12.7 Å². The number of aryl methyl sites for hydroxylation is 1. The number of hydrogen-bond acceptors (Lipinski definition) is 7. The maximum absolute atomic E-state index is 12.9. The lowest BCUT2D eigenvalue weighted by Crippen LogP contribution is -2.28. The number of anilines is 2. The second kappa shape index (κ2) is 9.90. The largest absolute Gasteiger partial charge is 0.493 e. The molecule has 1 aliphatic rings. The van der Waals surface area contributed by atoms with Crippen molar-refractivity contribution in [1.29, 1.82) is 0 Å². The molecule has 0 bridgehead atoms. The molecule has 184 valence electrons. The third kappa shape index (κ3) is 4.80. The number of rotatable bonds is 8. The fourth-order valence-corrected chi connectivity index (χ4v) is 4.90. The van der Waals surface area contributed by atoms with Gasteiger partial charge in [0, 0.05) is 44.9 Å². The molecule has 1 atom stereocenters. The molecule has 1 unspecified atom stereocenters. The fourth-order valence-electron chi connectivity index (χ4n) is 3.75. The predicted molar refractivity (Wildman–Crippen MR) is 127 cm³/mol. The molecular weight excluding hydrogens is 462 g/mol. The van der Waals surface area contributed by atoms with Crippen LogP contribution in [0.5, 0.6) is 17.2 Å². The number of hydrogen-bond donors (Lipinski definition) is 1. The van der Waals surface area contributed by atoms with Gasteiger partial charge < -0.3 is 24.4 Å². The van der Waals surface area contributed by atoms with Gasteiger partial charge in [0.1, 0.15) is 0 Å². The van der Waals surface area contributed by atoms with E-state index in [1.165, 1.54) is 46.4 Å². The summed E-state index contributed by atoms with van der Waals surface area (Å²) in [5.41, 5.74) is 1.43. The molecule has 1 aliphatic heterocycles. The van der Waals surface area contributed by atoms with E-state index in [2.05, 4.69) is 5.32 Å². The zero-order chi connectivity index (χ0) is 25.2. The topological polar surface area (TPSA) is 114 Å². The zero-order valence-electron chi connectivity index (χ0n) is 20.0. The Kier molecular flexibility index (Phi) is 7.37. The molecule has 2 amide bonds. The van der Waals surface area contributed by atoms with Gasteiger partial charge in [-0.15, -0.1) is 0 Å². The maximum Gasteiger partial charge on any atom is 0.242 e. The van der Waals surface area contributed by atoms with Crippen LogP contribution in [0.4, 0.5) is 11.4 Å². The van der Waals surface area contributed by atoms with Gasteiger partial charge in [0.05, 0.1) is 37.8 Å². The molecule has 34 heavy (non-hydrogen) atoms. The molecule has 1 saturated heterocycles. The summed E-state index contributed by atoms with van der Waals surface area (Å²) in [6, 6.07) is 8.00. The van der Waals surface area contributed by atoms with E-state index >= 15 is 0 Å². The van der Waals surface area contributed by atoms with E-state index in [0.29, 0.717) is 34.2 Å². The highest BCUT2D eigenvalue weighted by Crippen LogP contribution is 2.42. The average molecular weight is 492 g/mol. The minimum absolute atomic E-state index is 0.0111. The Bertz CT molecular complexity index is 1190. The molecule has 1 fully saturated rings. The van der Waals surface area contributed by atoms with Gasteiger partial charge in [-0.2, -0.15) is 0 Å². The molecule has 11 heteroatoms. The van der Waals surface area contributed by atoms with E-state index in [1.54, 1.807) is 31.2 Å². The summed E-state index contributed by atoms with van der Waals surface area (Å²) in [5, 5.41) is 2.75. The van der Waals surface area contributed by atoms with Crippen LogP contribution in [0.1, 0.15) is 12.0 Å². The van der Waals surface area contributed by atoms with E-state index in [0.717, 1.165) is 4.31 Å². The number of nitrogens with one attached hydrogen (secondary N) is 1. The summed E-state index contributed by atoms with van der Waals surface area (Å²) < 4.78 is 42.3. The summed E-state index contributed by atoms with van der Waals surface area (Å²) in [5.74, 6) is -0.0347. The van der Waals surface area contributed by atoms with Crippen molar-refractivity contribution in [3.63, 3.8) is 0 Å². The van der Waals surface area contributed by atoms with Crippen LogP contribution in [0.2, 0.25) is 0 Å². The van der Waals surface area contributed by atoms with Crippen molar-refractivity contribution in [2.24, 2.45) is 5.92 Å². The number of benzene rings is 2. The molecular formula is C23H29N3O7S. The van der Waals surface area contributed by atoms with Gasteiger partial charge in [0.2, 0.25) is 27.6 Å². The van der Waals surface area contributed by atoms with Gasteiger partial charge in [-0.05, 0) is 24.6 Å². The van der Waals surface area contributed by atoms with E-state index in [9.17, 15) is 18.0 Å². The number of methoxy groups -OCH3 is 3. The smallest absolute Gasteiger partial charge is 0.242 e. The van der Waals surface area contributed by atoms with Gasteiger partial charge in [-0.3, -0.25) is 9.59 Å². The molecule has 1 N–H and O–H groups in total. The first-order chi connectivity index (χ1) is 16.0. The van der Waals surface area contributed by atoms with Crippen molar-refractivity contribution in [1.82, 2.24) is 4.31 Å². The Morgan fingerprint density at radius 1 is 1.06 bits per heavy atom. The molecule has 1 heterocycles. The number of carbonyl (C=O) groups is 2. The van der Waals surface area contributed by atoms with Crippen LogP contribution in [0, 0.1) is 12.8 Å². The van der Waals surface area contributed by atoms with Crippen molar-refractivity contribution in [2.45, 2.75) is 18.2 Å². The second-order valence-corrected chi connectivity index (χ2v) is 10.2. The number of amides is 2. The quantitative estimate of drug-likeness (QED) is 0.602. The minimum atomic E-state index is -3.67. The van der Waals surface area contributed by atoms with Crippen molar-refractivity contribution in [2.75, 3.05) is 52.2 Å². The normalized spacial score (nSPS) is 16.0. The summed E-state index contributed by atoms with van der Waals surface area (Å²) in [6.07, 6.45) is 0.0111. The third-order valence-corrected chi connectivity index (χ3v) is 7.63. The van der Waals surface area contributed by atoms with Crippen LogP contribution in [-0.2, 0) is 19.6 Å². The van der Waals surface area contributed by atoms with Crippen molar-refractivity contribution in [3.8, 4) is 17.2 Å². The first-order valence-electron chi connectivity index (χ1n) is 10.5. The number of sulfonamides is 1. The fraction of sp³-hybridized carbons (Fsp3) is 0.391. The lowest BCUT2D eigenvalue weighted by Gasteiger charge is -2.20. The number of nitrogens with zero attached hydrogens (tertiary/aromatic N) is 2. The molecule has 3 rings (SSSR count). The van der Waals surface area contributed by atoms with Crippen LogP contribution in [0.15, 0.2) is 35.2 Å². The highest BCUT2D eigenvalue weighted by Gasteiger charge is 2.36. The van der Waals surface area contributed by atoms with Crippen LogP contribution < -0.4 is 24.4 Å². The van der Waals surface area contributed by atoms with Gasteiger partial charge >= 0.3 is 0 Å². The standard InChI is InChI=1S/C23H29N3O7S/c1-14-7-8-16(10-20(14)34(29,30)25(2)3)24-23(28)15-9-21(27)26(13-15)17-11-18(31-4)22(33-6)19(12-17)32-5/h7-8,10-12,15H,9,13H2,1-6H3,(H,24,28). The highest BCUT2D eigenvalue weighted by atomic mass is 32.2. The Hall–Kier alpha value is -3.31. The Labute approximate surface area is 199 Å². The van der Waals surface area contributed by atoms with Crippen LogP contribution in [0.25, 0.3) is 0 Å². The second-order valence-electron chi connectivity index (χ2n) is 8.05. The average Bonchev–Trinajstić information content (AvgIpc) is 3.20. The summed E-state index contributed by atoms with van der Waals surface area (Å²) in [4.78, 5) is 27.3. The van der Waals surface area contributed by atoms with Gasteiger partial charge in [0.15, 0.2) is 11.5 Å². The van der Waals surface area contributed by atoms with Crippen molar-refractivity contribution in [3.05, 3.63) is 35.9 Å². The SMILES string of the molecule is COc1cc(N2CC(C(=O)Nc3ccc(C)c(S(=O)(=O)N(C)C)c3)CC2=O)cc(OC)c1OC. The van der Waals surface area contributed by atoms with E-state index in [1.807, 2.05) is 0 Å². The molecule has 10 nitrogen and oxygen atoms in total. The zero-order valence-corrected chi connectivity index (χ0v) is 20.9. The molecule has 2 aromatic carbocycles. The van der Waals surface area contributed by atoms with E-state index in [-0.39, 0.29) is 29.7 Å². The summed E-state index contributed by atoms with van der Waals surface area (Å²) in [7, 11) is 3.67. The lowest BCUT2D eigenvalue weighted by atomic mass is 10.1. The van der Waals surface area contributed by atoms with Gasteiger partial charge in [-0.1, -0.05) is 6.07 Å². The molecule has 2 aromatic rings. The van der Waals surface area contributed by atoms with E-state index < -0.39 is 15.9 Å². The summed E-state index contributed by atoms with van der Waals surface area (Å²) in [6.45, 7) is 1.84. The third-order valence-electron chi connectivity index (χ3n) is 5.67. The first kappa shape index (κ1) is 25.3.